The standard InChI is InChI=1S/C21H17ClF2N2O3S/c22-16-4-10-20(11-5-16)30(28,29)26(19-8-6-17(23)7-9-19)13-12-25-21(27)15-2-1-3-18(24)14-15/h1-11,14H,12-13H2,(H,25,27). The van der Waals surface area contributed by atoms with Gasteiger partial charge in [-0.2, -0.15) is 0 Å². The summed E-state index contributed by atoms with van der Waals surface area (Å²) in [7, 11) is -4.01. The van der Waals surface area contributed by atoms with Gasteiger partial charge in [-0.1, -0.05) is 17.7 Å². The van der Waals surface area contributed by atoms with Crippen LogP contribution in [-0.2, 0) is 10.0 Å². The molecule has 30 heavy (non-hydrogen) atoms. The molecule has 0 aliphatic carbocycles. The van der Waals surface area contributed by atoms with E-state index in [1.165, 1.54) is 54.6 Å². The van der Waals surface area contributed by atoms with Crippen molar-refractivity contribution in [2.75, 3.05) is 17.4 Å². The van der Waals surface area contributed by atoms with Gasteiger partial charge in [-0.3, -0.25) is 9.10 Å². The summed E-state index contributed by atoms with van der Waals surface area (Å²) < 4.78 is 54.0. The van der Waals surface area contributed by atoms with Crippen molar-refractivity contribution in [2.45, 2.75) is 4.90 Å². The van der Waals surface area contributed by atoms with E-state index in [-0.39, 0.29) is 29.2 Å². The second kappa shape index (κ2) is 9.23. The molecule has 3 rings (SSSR count). The van der Waals surface area contributed by atoms with Crippen LogP contribution in [0.1, 0.15) is 10.4 Å². The molecule has 0 aliphatic rings. The Morgan fingerprint density at radius 3 is 2.23 bits per heavy atom. The Morgan fingerprint density at radius 1 is 0.933 bits per heavy atom. The Labute approximate surface area is 178 Å². The lowest BCUT2D eigenvalue weighted by molar-refractivity contribution is 0.0954. The molecule has 5 nitrogen and oxygen atoms in total. The summed E-state index contributed by atoms with van der Waals surface area (Å²) in [6.45, 7) is -0.183. The highest BCUT2D eigenvalue weighted by Gasteiger charge is 2.25. The summed E-state index contributed by atoms with van der Waals surface area (Å²) in [4.78, 5) is 12.2. The van der Waals surface area contributed by atoms with Crippen molar-refractivity contribution in [1.29, 1.82) is 0 Å². The number of halogens is 3. The molecule has 0 atom stereocenters. The summed E-state index contributed by atoms with van der Waals surface area (Å²) in [6, 6.07) is 15.7. The Balaban J connectivity index is 1.82. The first-order valence-corrected chi connectivity index (χ1v) is 10.7. The Hall–Kier alpha value is -2.97. The smallest absolute Gasteiger partial charge is 0.264 e. The van der Waals surface area contributed by atoms with Gasteiger partial charge in [0.25, 0.3) is 15.9 Å². The molecule has 3 aromatic rings. The van der Waals surface area contributed by atoms with Crippen LogP contribution >= 0.6 is 11.6 Å². The first kappa shape index (κ1) is 21.7. The van der Waals surface area contributed by atoms with Crippen LogP contribution in [0.25, 0.3) is 0 Å². The molecule has 0 aliphatic heterocycles. The number of carbonyl (C=O) groups is 1. The maximum Gasteiger partial charge on any atom is 0.264 e. The third kappa shape index (κ3) is 5.14. The molecule has 0 unspecified atom stereocenters. The van der Waals surface area contributed by atoms with Crippen LogP contribution < -0.4 is 9.62 Å². The molecule has 0 spiro atoms. The van der Waals surface area contributed by atoms with Gasteiger partial charge in [0.05, 0.1) is 17.1 Å². The highest BCUT2D eigenvalue weighted by molar-refractivity contribution is 7.92. The topological polar surface area (TPSA) is 66.5 Å². The molecule has 0 saturated heterocycles. The fourth-order valence-electron chi connectivity index (χ4n) is 2.73. The average molecular weight is 451 g/mol. The molecule has 3 aromatic carbocycles. The lowest BCUT2D eigenvalue weighted by atomic mass is 10.2. The summed E-state index contributed by atoms with van der Waals surface area (Å²) in [5, 5.41) is 2.94. The number of sulfonamides is 1. The van der Waals surface area contributed by atoms with Crippen molar-refractivity contribution in [3.63, 3.8) is 0 Å². The number of hydrogen-bond acceptors (Lipinski definition) is 3. The molecule has 0 heterocycles. The monoisotopic (exact) mass is 450 g/mol. The van der Waals surface area contributed by atoms with Gasteiger partial charge in [-0.15, -0.1) is 0 Å². The van der Waals surface area contributed by atoms with E-state index in [1.54, 1.807) is 0 Å². The quantitative estimate of drug-likeness (QED) is 0.585. The summed E-state index contributed by atoms with van der Waals surface area (Å²) in [5.41, 5.74) is 0.343. The largest absolute Gasteiger partial charge is 0.350 e. The van der Waals surface area contributed by atoms with Gasteiger partial charge in [0.1, 0.15) is 11.6 Å². The first-order chi connectivity index (χ1) is 14.3. The number of hydrogen-bond donors (Lipinski definition) is 1. The summed E-state index contributed by atoms with van der Waals surface area (Å²) in [5.74, 6) is -1.61. The summed E-state index contributed by atoms with van der Waals surface area (Å²) >= 11 is 5.84. The lowest BCUT2D eigenvalue weighted by Gasteiger charge is -2.25. The minimum absolute atomic E-state index is 0.00678. The number of carbonyl (C=O) groups excluding carboxylic acids is 1. The van der Waals surface area contributed by atoms with Crippen LogP contribution in [0.3, 0.4) is 0 Å². The highest BCUT2D eigenvalue weighted by Crippen LogP contribution is 2.24. The Kier molecular flexibility index (Phi) is 6.69. The van der Waals surface area contributed by atoms with Crippen molar-refractivity contribution < 1.29 is 22.0 Å². The number of rotatable bonds is 7. The van der Waals surface area contributed by atoms with Gasteiger partial charge < -0.3 is 5.32 Å². The molecule has 156 valence electrons. The van der Waals surface area contributed by atoms with E-state index < -0.39 is 27.6 Å². The molecule has 9 heteroatoms. The second-order valence-electron chi connectivity index (χ2n) is 6.27. The van der Waals surface area contributed by atoms with E-state index in [0.717, 1.165) is 22.5 Å². The van der Waals surface area contributed by atoms with Crippen LogP contribution in [0, 0.1) is 11.6 Å². The van der Waals surface area contributed by atoms with Gasteiger partial charge in [0.2, 0.25) is 0 Å². The van der Waals surface area contributed by atoms with E-state index in [4.69, 9.17) is 11.6 Å². The van der Waals surface area contributed by atoms with Crippen LogP contribution in [0.4, 0.5) is 14.5 Å². The molecule has 0 radical (unpaired) electrons. The second-order valence-corrected chi connectivity index (χ2v) is 8.57. The molecule has 0 fully saturated rings. The lowest BCUT2D eigenvalue weighted by Crippen LogP contribution is -2.38. The molecule has 1 N–H and O–H groups in total. The van der Waals surface area contributed by atoms with Crippen LogP contribution in [0.2, 0.25) is 5.02 Å². The molecule has 1 amide bonds. The SMILES string of the molecule is O=C(NCCN(c1ccc(F)cc1)S(=O)(=O)c1ccc(Cl)cc1)c1cccc(F)c1. The van der Waals surface area contributed by atoms with Crippen molar-refractivity contribution in [3.05, 3.63) is 95.0 Å². The van der Waals surface area contributed by atoms with Crippen LogP contribution in [0.15, 0.2) is 77.7 Å². The van der Waals surface area contributed by atoms with Crippen LogP contribution in [0.5, 0.6) is 0 Å². The van der Waals surface area contributed by atoms with E-state index in [0.29, 0.717) is 5.02 Å². The van der Waals surface area contributed by atoms with Crippen molar-refractivity contribution in [2.24, 2.45) is 0 Å². The Bertz CT molecular complexity index is 1140. The zero-order valence-electron chi connectivity index (χ0n) is 15.6. The number of anilines is 1. The van der Waals surface area contributed by atoms with Crippen molar-refractivity contribution >= 4 is 33.2 Å². The molecule has 0 bridgehead atoms. The maximum absolute atomic E-state index is 13.3. The van der Waals surface area contributed by atoms with E-state index >= 15 is 0 Å². The molecular weight excluding hydrogens is 434 g/mol. The molecule has 0 aromatic heterocycles. The first-order valence-electron chi connectivity index (χ1n) is 8.85. The summed E-state index contributed by atoms with van der Waals surface area (Å²) in [6.07, 6.45) is 0. The van der Waals surface area contributed by atoms with Crippen molar-refractivity contribution in [3.8, 4) is 0 Å². The number of nitrogens with one attached hydrogen (secondary N) is 1. The van der Waals surface area contributed by atoms with E-state index in [1.807, 2.05) is 0 Å². The van der Waals surface area contributed by atoms with Gasteiger partial charge in [-0.05, 0) is 66.7 Å². The predicted molar refractivity (Wildman–Crippen MR) is 111 cm³/mol. The number of amides is 1. The van der Waals surface area contributed by atoms with E-state index in [2.05, 4.69) is 5.32 Å². The molecular formula is C21H17ClF2N2O3S. The fourth-order valence-corrected chi connectivity index (χ4v) is 4.32. The third-order valence-electron chi connectivity index (χ3n) is 4.20. The number of benzene rings is 3. The normalized spacial score (nSPS) is 11.2. The van der Waals surface area contributed by atoms with Gasteiger partial charge in [0, 0.05) is 17.1 Å². The van der Waals surface area contributed by atoms with E-state index in [9.17, 15) is 22.0 Å². The predicted octanol–water partition coefficient (Wildman–Crippen LogP) is 4.24. The highest BCUT2D eigenvalue weighted by atomic mass is 35.5. The third-order valence-corrected chi connectivity index (χ3v) is 6.30. The number of nitrogens with zero attached hydrogens (tertiary/aromatic N) is 1. The minimum atomic E-state index is -4.01. The van der Waals surface area contributed by atoms with Gasteiger partial charge in [0.15, 0.2) is 0 Å². The average Bonchev–Trinajstić information content (AvgIpc) is 2.72. The van der Waals surface area contributed by atoms with Gasteiger partial charge >= 0.3 is 0 Å². The zero-order chi connectivity index (χ0) is 21.7. The zero-order valence-corrected chi connectivity index (χ0v) is 17.1. The minimum Gasteiger partial charge on any atom is -0.350 e. The van der Waals surface area contributed by atoms with Crippen molar-refractivity contribution in [1.82, 2.24) is 5.32 Å². The fraction of sp³-hybridized carbons (Fsp3) is 0.0952. The van der Waals surface area contributed by atoms with Crippen LogP contribution in [-0.4, -0.2) is 27.4 Å². The Morgan fingerprint density at radius 2 is 1.60 bits per heavy atom. The molecule has 0 saturated carbocycles. The van der Waals surface area contributed by atoms with Gasteiger partial charge in [-0.25, -0.2) is 17.2 Å². The maximum atomic E-state index is 13.3.